The maximum atomic E-state index is 12.9. The summed E-state index contributed by atoms with van der Waals surface area (Å²) >= 11 is 0. The lowest BCUT2D eigenvalue weighted by molar-refractivity contribution is -0.0702. The van der Waals surface area contributed by atoms with Crippen molar-refractivity contribution < 1.29 is 13.9 Å². The normalized spacial score (nSPS) is 29.7. The molecule has 2 saturated heterocycles. The molecule has 0 radical (unpaired) electrons. The highest BCUT2D eigenvalue weighted by Crippen LogP contribution is 2.34. The van der Waals surface area contributed by atoms with Gasteiger partial charge in [0.1, 0.15) is 11.8 Å². The fraction of sp³-hybridized carbons (Fsp3) is 0.471. The number of piperidine rings is 1. The maximum absolute atomic E-state index is 12.9. The number of likely N-dealkylation sites (N-methyl/N-ethyl adjacent to an activating group) is 1. The monoisotopic (exact) mass is 285 g/mol. The predicted molar refractivity (Wildman–Crippen MR) is 79.4 cm³/mol. The van der Waals surface area contributed by atoms with Crippen molar-refractivity contribution in [3.05, 3.63) is 36.1 Å². The second-order valence-corrected chi connectivity index (χ2v) is 6.19. The van der Waals surface area contributed by atoms with Gasteiger partial charge in [0.15, 0.2) is 5.78 Å². The molecular formula is C17H19NO3. The fourth-order valence-corrected chi connectivity index (χ4v) is 3.70. The molecule has 3 heterocycles. The zero-order valence-electron chi connectivity index (χ0n) is 12.1. The molecule has 21 heavy (non-hydrogen) atoms. The number of nitrogens with zero attached hydrogens (tertiary/aromatic N) is 1. The first-order valence-electron chi connectivity index (χ1n) is 7.54. The van der Waals surface area contributed by atoms with Gasteiger partial charge in [0.05, 0.1) is 18.8 Å². The number of benzene rings is 1. The van der Waals surface area contributed by atoms with E-state index in [2.05, 4.69) is 11.9 Å². The summed E-state index contributed by atoms with van der Waals surface area (Å²) in [6.45, 7) is 1.48. The van der Waals surface area contributed by atoms with E-state index in [1.54, 1.807) is 6.26 Å². The Bertz CT molecular complexity index is 663. The maximum Gasteiger partial charge on any atom is 0.169 e. The van der Waals surface area contributed by atoms with E-state index >= 15 is 0 Å². The van der Waals surface area contributed by atoms with Gasteiger partial charge < -0.3 is 9.15 Å². The summed E-state index contributed by atoms with van der Waals surface area (Å²) in [4.78, 5) is 15.3. The Morgan fingerprint density at radius 1 is 1.19 bits per heavy atom. The van der Waals surface area contributed by atoms with Gasteiger partial charge in [-0.15, -0.1) is 0 Å². The standard InChI is InChI=1S/C17H19NO3/c1-18-12-6-11(7-13(18)9-20-8-12)17(19)15-10-21-16-5-3-2-4-14(15)16/h2-5,10-13H,6-9H2,1H3. The van der Waals surface area contributed by atoms with Crippen LogP contribution in [0.15, 0.2) is 34.9 Å². The molecule has 4 rings (SSSR count). The summed E-state index contributed by atoms with van der Waals surface area (Å²) in [6, 6.07) is 8.48. The van der Waals surface area contributed by atoms with E-state index in [0.717, 1.165) is 42.6 Å². The Balaban J connectivity index is 1.63. The summed E-state index contributed by atoms with van der Waals surface area (Å²) in [5.41, 5.74) is 1.52. The van der Waals surface area contributed by atoms with Gasteiger partial charge in [-0.1, -0.05) is 18.2 Å². The van der Waals surface area contributed by atoms with Crippen molar-refractivity contribution in [2.24, 2.45) is 5.92 Å². The molecule has 2 aliphatic heterocycles. The Morgan fingerprint density at radius 3 is 2.67 bits per heavy atom. The third-order valence-electron chi connectivity index (χ3n) is 5.00. The van der Waals surface area contributed by atoms with Gasteiger partial charge in [0.25, 0.3) is 0 Å². The molecule has 0 N–H and O–H groups in total. The lowest BCUT2D eigenvalue weighted by atomic mass is 9.81. The molecule has 1 aromatic carbocycles. The number of carbonyl (C=O) groups is 1. The van der Waals surface area contributed by atoms with Crippen LogP contribution in [0.5, 0.6) is 0 Å². The van der Waals surface area contributed by atoms with Crippen molar-refractivity contribution in [2.75, 3.05) is 20.3 Å². The molecule has 2 bridgehead atoms. The first-order valence-corrected chi connectivity index (χ1v) is 7.54. The topological polar surface area (TPSA) is 42.7 Å². The molecule has 0 amide bonds. The van der Waals surface area contributed by atoms with Crippen LogP contribution in [0, 0.1) is 5.92 Å². The van der Waals surface area contributed by atoms with Crippen LogP contribution < -0.4 is 0 Å². The average Bonchev–Trinajstić information content (AvgIpc) is 2.90. The van der Waals surface area contributed by atoms with Crippen molar-refractivity contribution in [2.45, 2.75) is 24.9 Å². The first kappa shape index (κ1) is 13.0. The number of fused-ring (bicyclic) bond motifs is 3. The number of carbonyl (C=O) groups excluding carboxylic acids is 1. The first-order chi connectivity index (χ1) is 10.2. The molecule has 2 aliphatic rings. The van der Waals surface area contributed by atoms with E-state index < -0.39 is 0 Å². The highest BCUT2D eigenvalue weighted by Gasteiger charge is 2.40. The molecule has 2 unspecified atom stereocenters. The number of ketones is 1. The van der Waals surface area contributed by atoms with Crippen LogP contribution in [0.3, 0.4) is 0 Å². The molecule has 1 aromatic heterocycles. The lowest BCUT2D eigenvalue weighted by Gasteiger charge is -2.46. The third kappa shape index (κ3) is 2.10. The van der Waals surface area contributed by atoms with Gasteiger partial charge in [-0.05, 0) is 26.0 Å². The minimum Gasteiger partial charge on any atom is -0.464 e. The molecule has 0 aliphatic carbocycles. The zero-order valence-corrected chi connectivity index (χ0v) is 12.1. The second kappa shape index (κ2) is 4.97. The van der Waals surface area contributed by atoms with E-state index in [0.29, 0.717) is 12.1 Å². The number of para-hydroxylation sites is 1. The minimum atomic E-state index is 0.0844. The summed E-state index contributed by atoms with van der Waals surface area (Å²) in [5, 5.41) is 0.933. The number of hydrogen-bond acceptors (Lipinski definition) is 4. The van der Waals surface area contributed by atoms with Crippen LogP contribution in [0.2, 0.25) is 0 Å². The number of morpholine rings is 1. The summed E-state index contributed by atoms with van der Waals surface area (Å²) in [7, 11) is 2.14. The number of rotatable bonds is 2. The molecule has 4 nitrogen and oxygen atoms in total. The van der Waals surface area contributed by atoms with Crippen molar-refractivity contribution in [1.82, 2.24) is 4.90 Å². The minimum absolute atomic E-state index is 0.0844. The molecule has 4 heteroatoms. The summed E-state index contributed by atoms with van der Waals surface area (Å²) < 4.78 is 11.1. The third-order valence-corrected chi connectivity index (χ3v) is 5.00. The van der Waals surface area contributed by atoms with E-state index in [1.807, 2.05) is 24.3 Å². The molecule has 0 saturated carbocycles. The molecule has 2 atom stereocenters. The highest BCUT2D eigenvalue weighted by atomic mass is 16.5. The average molecular weight is 285 g/mol. The van der Waals surface area contributed by atoms with Crippen molar-refractivity contribution >= 4 is 16.8 Å². The molecule has 110 valence electrons. The fourth-order valence-electron chi connectivity index (χ4n) is 3.70. The van der Waals surface area contributed by atoms with Gasteiger partial charge in [-0.3, -0.25) is 9.69 Å². The van der Waals surface area contributed by atoms with Gasteiger partial charge in [0, 0.05) is 23.4 Å². The SMILES string of the molecule is CN1C2COCC1CC(C(=O)c1coc3ccccc13)C2. The van der Waals surface area contributed by atoms with Crippen LogP contribution in [-0.4, -0.2) is 43.0 Å². The smallest absolute Gasteiger partial charge is 0.169 e. The number of furan rings is 1. The Labute approximate surface area is 123 Å². The van der Waals surface area contributed by atoms with Crippen LogP contribution in [0.4, 0.5) is 0 Å². The number of ether oxygens (including phenoxy) is 1. The molecular weight excluding hydrogens is 266 g/mol. The lowest BCUT2D eigenvalue weighted by Crippen LogP contribution is -2.55. The molecule has 2 fully saturated rings. The van der Waals surface area contributed by atoms with Crippen LogP contribution in [0.1, 0.15) is 23.2 Å². The van der Waals surface area contributed by atoms with E-state index in [9.17, 15) is 4.79 Å². The van der Waals surface area contributed by atoms with Crippen LogP contribution in [0.25, 0.3) is 11.0 Å². The van der Waals surface area contributed by atoms with E-state index in [1.165, 1.54) is 0 Å². The summed E-state index contributed by atoms with van der Waals surface area (Å²) in [6.07, 6.45) is 3.38. The predicted octanol–water partition coefficient (Wildman–Crippen LogP) is 2.72. The quantitative estimate of drug-likeness (QED) is 0.796. The zero-order chi connectivity index (χ0) is 14.4. The Morgan fingerprint density at radius 2 is 1.90 bits per heavy atom. The highest BCUT2D eigenvalue weighted by molar-refractivity contribution is 6.08. The molecule has 0 spiro atoms. The van der Waals surface area contributed by atoms with Gasteiger partial charge in [-0.25, -0.2) is 0 Å². The van der Waals surface area contributed by atoms with Crippen LogP contribution >= 0.6 is 0 Å². The van der Waals surface area contributed by atoms with Crippen LogP contribution in [-0.2, 0) is 4.74 Å². The van der Waals surface area contributed by atoms with Crippen molar-refractivity contribution in [1.29, 1.82) is 0 Å². The van der Waals surface area contributed by atoms with E-state index in [-0.39, 0.29) is 11.7 Å². The largest absolute Gasteiger partial charge is 0.464 e. The van der Waals surface area contributed by atoms with Gasteiger partial charge in [-0.2, -0.15) is 0 Å². The Hall–Kier alpha value is -1.65. The van der Waals surface area contributed by atoms with Crippen molar-refractivity contribution in [3.63, 3.8) is 0 Å². The number of Topliss-reactive ketones (excluding diaryl/α,β-unsaturated/α-hetero) is 1. The van der Waals surface area contributed by atoms with Crippen molar-refractivity contribution in [3.8, 4) is 0 Å². The van der Waals surface area contributed by atoms with E-state index in [4.69, 9.17) is 9.15 Å². The molecule has 2 aromatic rings. The van der Waals surface area contributed by atoms with Gasteiger partial charge in [0.2, 0.25) is 0 Å². The van der Waals surface area contributed by atoms with Gasteiger partial charge >= 0.3 is 0 Å². The Kier molecular flexibility index (Phi) is 3.08. The second-order valence-electron chi connectivity index (χ2n) is 6.19. The summed E-state index contributed by atoms with van der Waals surface area (Å²) in [5.74, 6) is 0.311. The number of hydrogen-bond donors (Lipinski definition) is 0.